The molecule has 0 saturated carbocycles. The van der Waals surface area contributed by atoms with Gasteiger partial charge >= 0.3 is 5.69 Å². The monoisotopic (exact) mass is 274 g/mol. The summed E-state index contributed by atoms with van der Waals surface area (Å²) >= 11 is 2.95. The second-order valence-corrected chi connectivity index (χ2v) is 3.62. The lowest BCUT2D eigenvalue weighted by molar-refractivity contribution is -0.385. The lowest BCUT2D eigenvalue weighted by atomic mass is 10.2. The van der Waals surface area contributed by atoms with Crippen LogP contribution in [0.5, 0.6) is 5.75 Å². The van der Waals surface area contributed by atoms with Crippen LogP contribution in [0.1, 0.15) is 6.92 Å². The number of benzene rings is 1. The lowest BCUT2D eigenvalue weighted by Gasteiger charge is -2.04. The smallest absolute Gasteiger partial charge is 0.313 e. The molecule has 0 aliphatic carbocycles. The molecular weight excluding hydrogens is 268 g/mol. The van der Waals surface area contributed by atoms with Crippen molar-refractivity contribution in [3.05, 3.63) is 26.7 Å². The molecule has 15 heavy (non-hydrogen) atoms. The zero-order valence-corrected chi connectivity index (χ0v) is 9.24. The van der Waals surface area contributed by atoms with Crippen molar-refractivity contribution in [1.82, 2.24) is 0 Å². The van der Waals surface area contributed by atoms with Crippen molar-refractivity contribution < 1.29 is 14.8 Å². The van der Waals surface area contributed by atoms with Crippen LogP contribution in [0.3, 0.4) is 0 Å². The molecule has 80 valence electrons. The molecule has 0 heterocycles. The molecule has 0 aliphatic heterocycles. The van der Waals surface area contributed by atoms with Gasteiger partial charge in [-0.3, -0.25) is 14.9 Å². The van der Waals surface area contributed by atoms with Crippen molar-refractivity contribution in [1.29, 1.82) is 0 Å². The van der Waals surface area contributed by atoms with E-state index in [1.54, 1.807) is 0 Å². The van der Waals surface area contributed by atoms with E-state index >= 15 is 0 Å². The Morgan fingerprint density at radius 3 is 2.67 bits per heavy atom. The van der Waals surface area contributed by atoms with Gasteiger partial charge in [-0.15, -0.1) is 0 Å². The SMILES string of the molecule is CC(=O)Nc1cc(Br)c(O)c([N+](=O)[O-])c1. The van der Waals surface area contributed by atoms with Gasteiger partial charge in [0.2, 0.25) is 11.7 Å². The molecule has 0 saturated heterocycles. The second-order valence-electron chi connectivity index (χ2n) is 2.76. The van der Waals surface area contributed by atoms with Gasteiger partial charge in [0.05, 0.1) is 9.40 Å². The van der Waals surface area contributed by atoms with E-state index in [0.717, 1.165) is 6.07 Å². The largest absolute Gasteiger partial charge is 0.501 e. The fourth-order valence-electron chi connectivity index (χ4n) is 0.999. The Morgan fingerprint density at radius 2 is 2.20 bits per heavy atom. The number of hydrogen-bond acceptors (Lipinski definition) is 4. The fourth-order valence-corrected chi connectivity index (χ4v) is 1.45. The molecule has 1 rings (SSSR count). The van der Waals surface area contributed by atoms with Gasteiger partial charge in [0.1, 0.15) is 0 Å². The average Bonchev–Trinajstić information content (AvgIpc) is 2.09. The summed E-state index contributed by atoms with van der Waals surface area (Å²) in [5.41, 5.74) is -0.216. The van der Waals surface area contributed by atoms with E-state index in [1.165, 1.54) is 13.0 Å². The molecule has 7 heteroatoms. The van der Waals surface area contributed by atoms with Crippen LogP contribution in [0, 0.1) is 10.1 Å². The molecule has 0 atom stereocenters. The maximum Gasteiger partial charge on any atom is 0.313 e. The molecule has 0 radical (unpaired) electrons. The highest BCUT2D eigenvalue weighted by Gasteiger charge is 2.18. The van der Waals surface area contributed by atoms with E-state index in [0.29, 0.717) is 0 Å². The van der Waals surface area contributed by atoms with Crippen LogP contribution < -0.4 is 5.32 Å². The van der Waals surface area contributed by atoms with Crippen LogP contribution in [0.4, 0.5) is 11.4 Å². The van der Waals surface area contributed by atoms with Crippen molar-refractivity contribution in [3.63, 3.8) is 0 Å². The van der Waals surface area contributed by atoms with Gasteiger partial charge in [-0.05, 0) is 22.0 Å². The van der Waals surface area contributed by atoms with Crippen LogP contribution in [-0.4, -0.2) is 15.9 Å². The van der Waals surface area contributed by atoms with Gasteiger partial charge < -0.3 is 10.4 Å². The number of nitro groups is 1. The van der Waals surface area contributed by atoms with Crippen molar-refractivity contribution in [2.45, 2.75) is 6.92 Å². The van der Waals surface area contributed by atoms with E-state index < -0.39 is 16.4 Å². The minimum atomic E-state index is -0.731. The lowest BCUT2D eigenvalue weighted by Crippen LogP contribution is -2.06. The molecule has 1 aromatic rings. The summed E-state index contributed by atoms with van der Waals surface area (Å²) in [6, 6.07) is 2.46. The van der Waals surface area contributed by atoms with Crippen LogP contribution in [0.15, 0.2) is 16.6 Å². The van der Waals surface area contributed by atoms with Gasteiger partial charge in [0, 0.05) is 18.7 Å². The maximum absolute atomic E-state index is 10.7. The predicted octanol–water partition coefficient (Wildman–Crippen LogP) is 2.02. The maximum atomic E-state index is 10.7. The van der Waals surface area contributed by atoms with Crippen LogP contribution in [0.2, 0.25) is 0 Å². The van der Waals surface area contributed by atoms with Crippen LogP contribution in [0.25, 0.3) is 0 Å². The Labute approximate surface area is 93.2 Å². The van der Waals surface area contributed by atoms with Gasteiger partial charge in [-0.25, -0.2) is 0 Å². The minimum absolute atomic E-state index is 0.153. The van der Waals surface area contributed by atoms with Crippen molar-refractivity contribution in [2.24, 2.45) is 0 Å². The van der Waals surface area contributed by atoms with Gasteiger partial charge in [-0.1, -0.05) is 0 Å². The summed E-state index contributed by atoms with van der Waals surface area (Å²) in [6.45, 7) is 1.28. The molecule has 6 nitrogen and oxygen atoms in total. The van der Waals surface area contributed by atoms with E-state index in [4.69, 9.17) is 0 Å². The number of aromatic hydroxyl groups is 1. The Kier molecular flexibility index (Phi) is 3.25. The van der Waals surface area contributed by atoms with Crippen molar-refractivity contribution in [2.75, 3.05) is 5.32 Å². The molecule has 1 amide bonds. The fraction of sp³-hybridized carbons (Fsp3) is 0.125. The standard InChI is InChI=1S/C8H7BrN2O4/c1-4(12)10-5-2-6(9)8(13)7(3-5)11(14)15/h2-3,13H,1H3,(H,10,12). The number of halogens is 1. The van der Waals surface area contributed by atoms with Gasteiger partial charge in [0.25, 0.3) is 0 Å². The number of phenols is 1. The predicted molar refractivity (Wildman–Crippen MR) is 56.8 cm³/mol. The third-order valence-corrected chi connectivity index (χ3v) is 2.16. The highest BCUT2D eigenvalue weighted by molar-refractivity contribution is 9.10. The number of hydrogen-bond donors (Lipinski definition) is 2. The second kappa shape index (κ2) is 4.26. The first-order chi connectivity index (χ1) is 6.91. The van der Waals surface area contributed by atoms with E-state index in [2.05, 4.69) is 21.2 Å². The zero-order valence-electron chi connectivity index (χ0n) is 7.65. The zero-order chi connectivity index (χ0) is 11.6. The highest BCUT2D eigenvalue weighted by atomic mass is 79.9. The molecule has 1 aromatic carbocycles. The van der Waals surface area contributed by atoms with E-state index in [-0.39, 0.29) is 16.1 Å². The molecule has 0 spiro atoms. The Morgan fingerprint density at radius 1 is 1.60 bits per heavy atom. The summed E-state index contributed by atoms with van der Waals surface area (Å²) in [4.78, 5) is 20.5. The van der Waals surface area contributed by atoms with Gasteiger partial charge in [0.15, 0.2) is 0 Å². The average molecular weight is 275 g/mol. The first-order valence-electron chi connectivity index (χ1n) is 3.86. The number of nitro benzene ring substituents is 1. The number of carbonyl (C=O) groups is 1. The summed E-state index contributed by atoms with van der Waals surface area (Å²) in [6.07, 6.45) is 0. The summed E-state index contributed by atoms with van der Waals surface area (Å²) in [5.74, 6) is -0.809. The molecule has 0 aliphatic rings. The highest BCUT2D eigenvalue weighted by Crippen LogP contribution is 2.36. The third-order valence-electron chi connectivity index (χ3n) is 1.56. The Bertz CT molecular complexity index is 433. The number of rotatable bonds is 2. The Balaban J connectivity index is 3.23. The normalized spacial score (nSPS) is 9.73. The quantitative estimate of drug-likeness (QED) is 0.490. The molecular formula is C8H7BrN2O4. The molecule has 2 N–H and O–H groups in total. The molecule has 0 fully saturated rings. The molecule has 0 aromatic heterocycles. The summed E-state index contributed by atoms with van der Waals surface area (Å²) in [7, 11) is 0. The van der Waals surface area contributed by atoms with E-state index in [1.807, 2.05) is 0 Å². The number of carbonyl (C=O) groups excluding carboxylic acids is 1. The summed E-state index contributed by atoms with van der Waals surface area (Å²) < 4.78 is 0.153. The first-order valence-corrected chi connectivity index (χ1v) is 4.65. The van der Waals surface area contributed by atoms with E-state index in [9.17, 15) is 20.0 Å². The van der Waals surface area contributed by atoms with Crippen LogP contribution in [-0.2, 0) is 4.79 Å². The first kappa shape index (κ1) is 11.4. The molecule has 0 bridgehead atoms. The van der Waals surface area contributed by atoms with Crippen LogP contribution >= 0.6 is 15.9 Å². The third kappa shape index (κ3) is 2.66. The summed E-state index contributed by atoms with van der Waals surface area (Å²) in [5, 5.41) is 22.2. The molecule has 0 unspecified atom stereocenters. The number of nitrogens with one attached hydrogen (secondary N) is 1. The number of nitrogens with zero attached hydrogens (tertiary/aromatic N) is 1. The Hall–Kier alpha value is -1.63. The van der Waals surface area contributed by atoms with Gasteiger partial charge in [-0.2, -0.15) is 0 Å². The minimum Gasteiger partial charge on any atom is -0.501 e. The number of phenolic OH excluding ortho intramolecular Hbond substituents is 1. The number of anilines is 1. The topological polar surface area (TPSA) is 92.5 Å². The van der Waals surface area contributed by atoms with Crippen molar-refractivity contribution >= 4 is 33.2 Å². The van der Waals surface area contributed by atoms with Crippen molar-refractivity contribution in [3.8, 4) is 5.75 Å². The number of amides is 1.